The van der Waals surface area contributed by atoms with Gasteiger partial charge < -0.3 is 10.1 Å². The van der Waals surface area contributed by atoms with Crippen molar-refractivity contribution in [3.63, 3.8) is 0 Å². The zero-order valence-electron chi connectivity index (χ0n) is 7.51. The number of carbonyl (C=O) groups excluding carboxylic acids is 1. The predicted octanol–water partition coefficient (Wildman–Crippen LogP) is 2.53. The molecule has 76 valence electrons. The van der Waals surface area contributed by atoms with Crippen molar-refractivity contribution < 1.29 is 9.53 Å². The average Bonchev–Trinajstić information content (AvgIpc) is 2.18. The third-order valence-corrected chi connectivity index (χ3v) is 2.03. The van der Waals surface area contributed by atoms with Crippen molar-refractivity contribution in [1.29, 1.82) is 0 Å². The Hall–Kier alpha value is -0.930. The molecule has 0 aliphatic carbocycles. The Bertz CT molecular complexity index is 342. The van der Waals surface area contributed by atoms with Crippen LogP contribution in [0.3, 0.4) is 0 Å². The smallest absolute Gasteiger partial charge is 0.239 e. The second-order valence-corrected chi connectivity index (χ2v) is 3.23. The number of benzene rings is 1. The van der Waals surface area contributed by atoms with E-state index in [1.165, 1.54) is 7.11 Å². The zero-order chi connectivity index (χ0) is 10.6. The van der Waals surface area contributed by atoms with Gasteiger partial charge in [0.15, 0.2) is 0 Å². The predicted molar refractivity (Wildman–Crippen MR) is 57.4 cm³/mol. The summed E-state index contributed by atoms with van der Waals surface area (Å²) in [6.45, 7) is 0. The molecular formula is C9H9Cl2NO2. The fourth-order valence-corrected chi connectivity index (χ4v) is 1.20. The molecule has 1 aromatic carbocycles. The van der Waals surface area contributed by atoms with Crippen LogP contribution in [0.4, 0.5) is 5.69 Å². The van der Waals surface area contributed by atoms with E-state index in [-0.39, 0.29) is 11.8 Å². The number of alkyl halides is 1. The quantitative estimate of drug-likeness (QED) is 0.816. The van der Waals surface area contributed by atoms with Crippen LogP contribution in [-0.2, 0) is 4.79 Å². The third-order valence-electron chi connectivity index (χ3n) is 1.56. The van der Waals surface area contributed by atoms with Crippen molar-refractivity contribution in [3.05, 3.63) is 23.2 Å². The molecular weight excluding hydrogens is 225 g/mol. The number of hydrogen-bond donors (Lipinski definition) is 1. The van der Waals surface area contributed by atoms with Gasteiger partial charge in [0.25, 0.3) is 0 Å². The maximum atomic E-state index is 11.0. The standard InChI is InChI=1S/C9H9Cl2NO2/c1-14-8-3-2-6(11)4-7(8)12-9(13)5-10/h2-4H,5H2,1H3,(H,12,13). The van der Waals surface area contributed by atoms with Gasteiger partial charge in [0, 0.05) is 5.02 Å². The summed E-state index contributed by atoms with van der Waals surface area (Å²) in [5.41, 5.74) is 0.519. The first-order valence-corrected chi connectivity index (χ1v) is 4.78. The van der Waals surface area contributed by atoms with Crippen LogP contribution in [0.2, 0.25) is 5.02 Å². The highest BCUT2D eigenvalue weighted by Gasteiger charge is 2.06. The lowest BCUT2D eigenvalue weighted by molar-refractivity contribution is -0.113. The first-order valence-electron chi connectivity index (χ1n) is 3.86. The summed E-state index contributed by atoms with van der Waals surface area (Å²) >= 11 is 11.1. The topological polar surface area (TPSA) is 38.3 Å². The first kappa shape index (κ1) is 11.1. The maximum Gasteiger partial charge on any atom is 0.239 e. The first-order chi connectivity index (χ1) is 6.67. The van der Waals surface area contributed by atoms with E-state index in [0.717, 1.165) is 0 Å². The zero-order valence-corrected chi connectivity index (χ0v) is 9.02. The number of nitrogens with one attached hydrogen (secondary N) is 1. The van der Waals surface area contributed by atoms with Crippen molar-refractivity contribution in [2.24, 2.45) is 0 Å². The Morgan fingerprint density at radius 2 is 2.29 bits per heavy atom. The second-order valence-electron chi connectivity index (χ2n) is 2.53. The normalized spacial score (nSPS) is 9.64. The number of halogens is 2. The van der Waals surface area contributed by atoms with E-state index in [2.05, 4.69) is 5.32 Å². The van der Waals surface area contributed by atoms with Crippen molar-refractivity contribution in [3.8, 4) is 5.75 Å². The Balaban J connectivity index is 2.93. The molecule has 0 radical (unpaired) electrons. The Morgan fingerprint density at radius 3 is 2.86 bits per heavy atom. The van der Waals surface area contributed by atoms with Crippen LogP contribution in [0.5, 0.6) is 5.75 Å². The molecule has 0 aromatic heterocycles. The van der Waals surface area contributed by atoms with Gasteiger partial charge in [-0.3, -0.25) is 4.79 Å². The van der Waals surface area contributed by atoms with Gasteiger partial charge in [-0.15, -0.1) is 11.6 Å². The largest absolute Gasteiger partial charge is 0.495 e. The van der Waals surface area contributed by atoms with Crippen LogP contribution in [0.25, 0.3) is 0 Å². The minimum Gasteiger partial charge on any atom is -0.495 e. The molecule has 3 nitrogen and oxygen atoms in total. The van der Waals surface area contributed by atoms with Crippen LogP contribution in [0.1, 0.15) is 0 Å². The monoisotopic (exact) mass is 233 g/mol. The number of hydrogen-bond acceptors (Lipinski definition) is 2. The highest BCUT2D eigenvalue weighted by atomic mass is 35.5. The van der Waals surface area contributed by atoms with Gasteiger partial charge in [0.2, 0.25) is 5.91 Å². The lowest BCUT2D eigenvalue weighted by Gasteiger charge is -2.09. The molecule has 0 fully saturated rings. The number of carbonyl (C=O) groups is 1. The lowest BCUT2D eigenvalue weighted by Crippen LogP contribution is -2.13. The fraction of sp³-hybridized carbons (Fsp3) is 0.222. The summed E-state index contributed by atoms with van der Waals surface area (Å²) in [5.74, 6) is 0.149. The van der Waals surface area contributed by atoms with E-state index in [9.17, 15) is 4.79 Å². The van der Waals surface area contributed by atoms with Crippen LogP contribution < -0.4 is 10.1 Å². The lowest BCUT2D eigenvalue weighted by atomic mass is 10.3. The minimum absolute atomic E-state index is 0.102. The molecule has 0 aliphatic rings. The molecule has 0 saturated carbocycles. The molecule has 0 aliphatic heterocycles. The number of methoxy groups -OCH3 is 1. The van der Waals surface area contributed by atoms with E-state index >= 15 is 0 Å². The van der Waals surface area contributed by atoms with E-state index in [1.807, 2.05) is 0 Å². The molecule has 1 rings (SSSR count). The van der Waals surface area contributed by atoms with Crippen molar-refractivity contribution >= 4 is 34.8 Å². The Kier molecular flexibility index (Phi) is 4.04. The molecule has 0 unspecified atom stereocenters. The molecule has 1 aromatic rings. The third kappa shape index (κ3) is 2.79. The molecule has 5 heteroatoms. The van der Waals surface area contributed by atoms with Gasteiger partial charge in [-0.05, 0) is 18.2 Å². The van der Waals surface area contributed by atoms with Gasteiger partial charge in [0.05, 0.1) is 12.8 Å². The summed E-state index contributed by atoms with van der Waals surface area (Å²) in [6.07, 6.45) is 0. The molecule has 1 amide bonds. The Labute approximate surface area is 92.0 Å². The van der Waals surface area contributed by atoms with Crippen LogP contribution in [-0.4, -0.2) is 18.9 Å². The highest BCUT2D eigenvalue weighted by molar-refractivity contribution is 6.31. The molecule has 1 N–H and O–H groups in total. The maximum absolute atomic E-state index is 11.0. The van der Waals surface area contributed by atoms with Gasteiger partial charge in [-0.1, -0.05) is 11.6 Å². The number of rotatable bonds is 3. The summed E-state index contributed by atoms with van der Waals surface area (Å²) in [7, 11) is 1.51. The van der Waals surface area contributed by atoms with E-state index in [4.69, 9.17) is 27.9 Å². The average molecular weight is 234 g/mol. The van der Waals surface area contributed by atoms with Crippen molar-refractivity contribution in [2.45, 2.75) is 0 Å². The van der Waals surface area contributed by atoms with Crippen molar-refractivity contribution in [1.82, 2.24) is 0 Å². The molecule has 0 saturated heterocycles. The fourth-order valence-electron chi connectivity index (χ4n) is 0.961. The molecule has 0 spiro atoms. The SMILES string of the molecule is COc1ccc(Cl)cc1NC(=O)CCl. The van der Waals surface area contributed by atoms with Gasteiger partial charge >= 0.3 is 0 Å². The van der Waals surface area contributed by atoms with Crippen molar-refractivity contribution in [2.75, 3.05) is 18.3 Å². The highest BCUT2D eigenvalue weighted by Crippen LogP contribution is 2.27. The summed E-state index contributed by atoms with van der Waals surface area (Å²) in [5, 5.41) is 3.10. The Morgan fingerprint density at radius 1 is 1.57 bits per heavy atom. The second kappa shape index (κ2) is 5.08. The summed E-state index contributed by atoms with van der Waals surface area (Å²) in [6, 6.07) is 4.95. The number of amides is 1. The van der Waals surface area contributed by atoms with Gasteiger partial charge in [0.1, 0.15) is 11.6 Å². The van der Waals surface area contributed by atoms with E-state index in [0.29, 0.717) is 16.5 Å². The van der Waals surface area contributed by atoms with Gasteiger partial charge in [-0.2, -0.15) is 0 Å². The minimum atomic E-state index is -0.299. The number of ether oxygens (including phenoxy) is 1. The molecule has 0 bridgehead atoms. The summed E-state index contributed by atoms with van der Waals surface area (Å²) < 4.78 is 5.03. The van der Waals surface area contributed by atoms with Crippen LogP contribution in [0.15, 0.2) is 18.2 Å². The van der Waals surface area contributed by atoms with E-state index in [1.54, 1.807) is 18.2 Å². The van der Waals surface area contributed by atoms with Crippen LogP contribution in [0, 0.1) is 0 Å². The molecule has 0 heterocycles. The number of anilines is 1. The molecule has 0 atom stereocenters. The summed E-state index contributed by atoms with van der Waals surface area (Å²) in [4.78, 5) is 11.0. The van der Waals surface area contributed by atoms with Crippen LogP contribution >= 0.6 is 23.2 Å². The van der Waals surface area contributed by atoms with Gasteiger partial charge in [-0.25, -0.2) is 0 Å². The van der Waals surface area contributed by atoms with E-state index < -0.39 is 0 Å². The molecule has 14 heavy (non-hydrogen) atoms.